The van der Waals surface area contributed by atoms with Crippen LogP contribution in [0.2, 0.25) is 0 Å². The zero-order valence-corrected chi connectivity index (χ0v) is 42.1. The van der Waals surface area contributed by atoms with Gasteiger partial charge in [-0.1, -0.05) is 184 Å². The molecule has 8 rings (SSSR count). The average molecular weight is 867 g/mol. The zero-order valence-electron chi connectivity index (χ0n) is 41.3. The zero-order chi connectivity index (χ0) is 45.7. The highest BCUT2D eigenvalue weighted by Gasteiger charge is 2.48. The number of hydrogen-bond acceptors (Lipinski definition) is 2. The molecule has 6 aliphatic carbocycles. The Kier molecular flexibility index (Phi) is 16.2. The van der Waals surface area contributed by atoms with E-state index >= 15 is 0 Å². The molecule has 0 aliphatic heterocycles. The van der Waals surface area contributed by atoms with Crippen LogP contribution in [0.5, 0.6) is 0 Å². The fourth-order valence-electron chi connectivity index (χ4n) is 13.2. The highest BCUT2D eigenvalue weighted by Crippen LogP contribution is 2.58. The van der Waals surface area contributed by atoms with Crippen molar-refractivity contribution in [3.8, 4) is 0 Å². The summed E-state index contributed by atoms with van der Waals surface area (Å²) in [5.74, 6) is 4.00. The molecule has 0 heterocycles. The van der Waals surface area contributed by atoms with Crippen LogP contribution in [-0.4, -0.2) is 11.9 Å². The molecule has 0 aromatic heterocycles. The van der Waals surface area contributed by atoms with Gasteiger partial charge in [0, 0.05) is 29.1 Å². The van der Waals surface area contributed by atoms with Gasteiger partial charge in [0.25, 0.3) is 0 Å². The smallest absolute Gasteiger partial charge is 0.146 e. The lowest BCUT2D eigenvalue weighted by molar-refractivity contribution is -0.127. The van der Waals surface area contributed by atoms with Gasteiger partial charge in [0.2, 0.25) is 0 Å². The minimum Gasteiger partial charge on any atom is -0.313 e. The van der Waals surface area contributed by atoms with E-state index in [0.29, 0.717) is 46.9 Å². The first-order valence-corrected chi connectivity index (χ1v) is 26.8. The van der Waals surface area contributed by atoms with E-state index in [1.165, 1.54) is 73.7 Å². The van der Waals surface area contributed by atoms with Gasteiger partial charge in [-0.15, -0.1) is 0 Å². The number of fused-ring (bicyclic) bond motifs is 2. The minimum absolute atomic E-state index is 0.230. The van der Waals surface area contributed by atoms with Crippen molar-refractivity contribution in [3.05, 3.63) is 142 Å². The summed E-state index contributed by atoms with van der Waals surface area (Å²) in [6.45, 7) is 31.6. The van der Waals surface area contributed by atoms with Crippen LogP contribution in [0.15, 0.2) is 142 Å². The SMILES string of the molecule is C=C1[C@H](C)CC(=C/C=C2\CCC[C@]3(C)C(=C(C)C)CC[C@@H]23)C[C@H]1C.C=C1[C@H](C)CC(=CCP(=O)(c2ccccc2)c2ccccc2)C[C@H]1C.CC(C)=C1CC[C@H]2C(=O)CCC[C@]12C. The number of rotatable bonds is 5. The predicted octanol–water partition coefficient (Wildman–Crippen LogP) is 16.4. The molecular weight excluding hydrogens is 784 g/mol. The third kappa shape index (κ3) is 10.8. The van der Waals surface area contributed by atoms with Crippen LogP contribution in [0.4, 0.5) is 0 Å². The molecule has 3 heteroatoms. The third-order valence-corrected chi connectivity index (χ3v) is 19.9. The van der Waals surface area contributed by atoms with E-state index in [0.717, 1.165) is 55.1 Å². The Morgan fingerprint density at radius 1 is 0.619 bits per heavy atom. The summed E-state index contributed by atoms with van der Waals surface area (Å²) >= 11 is 0. The van der Waals surface area contributed by atoms with Crippen LogP contribution >= 0.6 is 7.14 Å². The van der Waals surface area contributed by atoms with E-state index < -0.39 is 7.14 Å². The van der Waals surface area contributed by atoms with Crippen LogP contribution in [0.25, 0.3) is 0 Å². The Hall–Kier alpha value is -3.48. The second-order valence-electron chi connectivity index (χ2n) is 21.7. The predicted molar refractivity (Wildman–Crippen MR) is 273 cm³/mol. The number of carbonyl (C=O) groups is 1. The number of benzene rings is 2. The molecule has 0 spiro atoms. The molecular formula is C60H83O2P. The summed E-state index contributed by atoms with van der Waals surface area (Å²) in [5, 5.41) is 1.89. The fourth-order valence-corrected chi connectivity index (χ4v) is 15.7. The topological polar surface area (TPSA) is 34.1 Å². The van der Waals surface area contributed by atoms with Crippen molar-refractivity contribution in [2.24, 2.45) is 46.3 Å². The Morgan fingerprint density at radius 2 is 1.05 bits per heavy atom. The monoisotopic (exact) mass is 867 g/mol. The number of allylic oxidation sites excluding steroid dienone is 12. The molecule has 2 aromatic rings. The summed E-state index contributed by atoms with van der Waals surface area (Å²) in [7, 11) is -2.64. The average Bonchev–Trinajstić information content (AvgIpc) is 3.82. The van der Waals surface area contributed by atoms with E-state index in [-0.39, 0.29) is 5.41 Å². The normalized spacial score (nSPS) is 31.3. The molecule has 6 fully saturated rings. The van der Waals surface area contributed by atoms with E-state index in [2.05, 4.69) is 101 Å². The first kappa shape index (κ1) is 49.0. The minimum atomic E-state index is -2.64. The number of Topliss-reactive ketones (excluding diaryl/α,β-unsaturated/α-hetero) is 1. The lowest BCUT2D eigenvalue weighted by atomic mass is 9.65. The molecule has 0 bridgehead atoms. The van der Waals surface area contributed by atoms with Crippen molar-refractivity contribution in [1.29, 1.82) is 0 Å². The summed E-state index contributed by atoms with van der Waals surface area (Å²) < 4.78 is 14.0. The molecule has 6 saturated carbocycles. The van der Waals surface area contributed by atoms with Crippen LogP contribution in [0.3, 0.4) is 0 Å². The molecule has 8 atom stereocenters. The van der Waals surface area contributed by atoms with Gasteiger partial charge in [-0.2, -0.15) is 0 Å². The second kappa shape index (κ2) is 20.8. The third-order valence-electron chi connectivity index (χ3n) is 16.9. The molecule has 0 saturated heterocycles. The Bertz CT molecular complexity index is 2110. The van der Waals surface area contributed by atoms with Gasteiger partial charge in [0.05, 0.1) is 0 Å². The summed E-state index contributed by atoms with van der Waals surface area (Å²) in [5.41, 5.74) is 14.7. The van der Waals surface area contributed by atoms with Gasteiger partial charge >= 0.3 is 0 Å². The summed E-state index contributed by atoms with van der Waals surface area (Å²) in [6.07, 6.45) is 24.6. The molecule has 0 radical (unpaired) electrons. The van der Waals surface area contributed by atoms with Crippen molar-refractivity contribution < 1.29 is 9.36 Å². The first-order valence-electron chi connectivity index (χ1n) is 24.9. The first-order chi connectivity index (χ1) is 29.9. The molecule has 63 heavy (non-hydrogen) atoms. The molecule has 0 unspecified atom stereocenters. The van der Waals surface area contributed by atoms with Crippen LogP contribution in [-0.2, 0) is 9.36 Å². The van der Waals surface area contributed by atoms with Crippen LogP contribution < -0.4 is 10.6 Å². The molecule has 0 N–H and O–H groups in total. The van der Waals surface area contributed by atoms with Gasteiger partial charge < -0.3 is 4.57 Å². The second-order valence-corrected chi connectivity index (χ2v) is 24.6. The van der Waals surface area contributed by atoms with Crippen molar-refractivity contribution in [2.75, 3.05) is 6.16 Å². The van der Waals surface area contributed by atoms with Crippen molar-refractivity contribution >= 4 is 23.5 Å². The lowest BCUT2D eigenvalue weighted by Gasteiger charge is -2.40. The van der Waals surface area contributed by atoms with Gasteiger partial charge in [-0.3, -0.25) is 4.79 Å². The van der Waals surface area contributed by atoms with E-state index in [9.17, 15) is 9.36 Å². The van der Waals surface area contributed by atoms with Crippen LogP contribution in [0, 0.1) is 46.3 Å². The van der Waals surface area contributed by atoms with Gasteiger partial charge in [0.1, 0.15) is 12.9 Å². The van der Waals surface area contributed by atoms with Gasteiger partial charge in [-0.05, 0) is 152 Å². The molecule has 2 nitrogen and oxygen atoms in total. The Morgan fingerprint density at radius 3 is 1.52 bits per heavy atom. The van der Waals surface area contributed by atoms with Crippen molar-refractivity contribution in [1.82, 2.24) is 0 Å². The van der Waals surface area contributed by atoms with E-state index in [4.69, 9.17) is 0 Å². The van der Waals surface area contributed by atoms with Gasteiger partial charge in [-0.25, -0.2) is 0 Å². The van der Waals surface area contributed by atoms with Crippen molar-refractivity contribution in [3.63, 3.8) is 0 Å². The quantitative estimate of drug-likeness (QED) is 0.222. The van der Waals surface area contributed by atoms with E-state index in [1.807, 2.05) is 60.7 Å². The maximum absolute atomic E-state index is 14.0. The van der Waals surface area contributed by atoms with Gasteiger partial charge in [0.15, 0.2) is 0 Å². The Balaban J connectivity index is 0.000000164. The highest BCUT2D eigenvalue weighted by molar-refractivity contribution is 7.78. The number of carbonyl (C=O) groups excluding carboxylic acids is 1. The maximum Gasteiger partial charge on any atom is 0.146 e. The molecule has 6 aliphatic rings. The number of hydrogen-bond donors (Lipinski definition) is 0. The van der Waals surface area contributed by atoms with Crippen LogP contribution in [0.1, 0.15) is 159 Å². The maximum atomic E-state index is 14.0. The summed E-state index contributed by atoms with van der Waals surface area (Å²) in [4.78, 5) is 11.8. The molecule has 0 amide bonds. The summed E-state index contributed by atoms with van der Waals surface area (Å²) in [6, 6.07) is 19.9. The Labute approximate surface area is 385 Å². The largest absolute Gasteiger partial charge is 0.313 e. The lowest BCUT2D eigenvalue weighted by Crippen LogP contribution is -2.34. The van der Waals surface area contributed by atoms with Crippen molar-refractivity contribution in [2.45, 2.75) is 159 Å². The molecule has 340 valence electrons. The fraction of sp³-hybridized carbons (Fsp3) is 0.550. The standard InChI is InChI=1S/C24H36.C23H27OP.C13H20O/c1-16(2)22-11-12-23-21(8-7-13-24(22,23)6)10-9-20-14-17(3)19(5)18(4)15-20;1-18-16-21(17-19(2)20(18)3)14-15-25(24,22-10-6-4-7-11-22)23-12-8-5-9-13-23;1-9(2)10-6-7-11-12(14)5-4-8-13(10,11)3/h9-10,17-18,23H,5,7-8,11-15H2,1-4,6H3;4-14,18-19H,3,15-17H2,1-2H3;11H,4-8H2,1-3H3/b21-10+;;/t17-,18-,23+,24-;18-,19-;11-,13+/m110/s1. The highest BCUT2D eigenvalue weighted by atomic mass is 31.2. The molecule has 2 aromatic carbocycles. The number of ketones is 1. The van der Waals surface area contributed by atoms with E-state index in [1.54, 1.807) is 27.9 Å².